The summed E-state index contributed by atoms with van der Waals surface area (Å²) >= 11 is 0. The maximum Gasteiger partial charge on any atom is 0.337 e. The quantitative estimate of drug-likeness (QED) is 0.717. The first-order chi connectivity index (χ1) is 15.4. The lowest BCUT2D eigenvalue weighted by Crippen LogP contribution is -2.48. The van der Waals surface area contributed by atoms with E-state index in [1.165, 1.54) is 4.57 Å². The predicted octanol–water partition coefficient (Wildman–Crippen LogP) is 3.13. The van der Waals surface area contributed by atoms with Gasteiger partial charge in [-0.25, -0.2) is 14.2 Å². The molecule has 1 aromatic heterocycles. The Kier molecular flexibility index (Phi) is 6.69. The fourth-order valence-corrected chi connectivity index (χ4v) is 5.47. The second-order valence-electron chi connectivity index (χ2n) is 9.40. The van der Waals surface area contributed by atoms with Gasteiger partial charge >= 0.3 is 17.7 Å². The van der Waals surface area contributed by atoms with Crippen LogP contribution in [0.15, 0.2) is 29.1 Å². The fourth-order valence-electron chi connectivity index (χ4n) is 5.47. The topological polar surface area (TPSA) is 96.6 Å². The van der Waals surface area contributed by atoms with Gasteiger partial charge < -0.3 is 15.3 Å². The monoisotopic (exact) mass is 442 g/mol. The van der Waals surface area contributed by atoms with Crippen molar-refractivity contribution >= 4 is 23.0 Å². The Balaban J connectivity index is 1.33. The van der Waals surface area contributed by atoms with Crippen molar-refractivity contribution in [1.29, 1.82) is 0 Å². The Bertz CT molecular complexity index is 1030. The van der Waals surface area contributed by atoms with Crippen molar-refractivity contribution in [3.8, 4) is 0 Å². The Morgan fingerprint density at radius 2 is 1.75 bits per heavy atom. The molecule has 2 N–H and O–H groups in total. The Labute approximate surface area is 188 Å². The SMILES string of the molecule is CCn1c(=O)n(C(=O)NCC2CCN(CC3(C(=O)O)CCCCC3)CC2)c2ccccc21. The molecule has 0 spiro atoms. The molecule has 0 radical (unpaired) electrons. The standard InChI is InChI=1S/C24H34N4O4/c1-2-27-19-8-4-5-9-20(19)28(23(27)32)22(31)25-16-18-10-14-26(15-11-18)17-24(21(29)30)12-6-3-7-13-24/h4-5,8-9,18H,2-3,6-7,10-17H2,1H3,(H,25,31)(H,29,30). The Morgan fingerprint density at radius 1 is 1.09 bits per heavy atom. The number of fused-ring (bicyclic) bond motifs is 1. The number of para-hydroxylation sites is 2. The van der Waals surface area contributed by atoms with Gasteiger partial charge in [0.2, 0.25) is 0 Å². The van der Waals surface area contributed by atoms with Crippen LogP contribution < -0.4 is 11.0 Å². The van der Waals surface area contributed by atoms with Crippen LogP contribution in [0.5, 0.6) is 0 Å². The molecule has 8 heteroatoms. The molecule has 2 aromatic rings. The van der Waals surface area contributed by atoms with E-state index < -0.39 is 11.4 Å². The molecule has 1 saturated heterocycles. The minimum atomic E-state index is -0.650. The third-order valence-corrected chi connectivity index (χ3v) is 7.39. The van der Waals surface area contributed by atoms with Crippen LogP contribution in [0, 0.1) is 11.3 Å². The summed E-state index contributed by atoms with van der Waals surface area (Å²) in [5, 5.41) is 12.8. The molecule has 1 amide bonds. The zero-order valence-corrected chi connectivity index (χ0v) is 18.9. The molecule has 0 bridgehead atoms. The summed E-state index contributed by atoms with van der Waals surface area (Å²) in [6.45, 7) is 5.26. The molecular formula is C24H34N4O4. The molecule has 2 heterocycles. The second kappa shape index (κ2) is 9.48. The molecule has 0 atom stereocenters. The molecule has 1 aliphatic heterocycles. The van der Waals surface area contributed by atoms with E-state index in [-0.39, 0.29) is 11.7 Å². The molecule has 2 fully saturated rings. The highest BCUT2D eigenvalue weighted by Crippen LogP contribution is 2.38. The third-order valence-electron chi connectivity index (χ3n) is 7.39. The van der Waals surface area contributed by atoms with E-state index >= 15 is 0 Å². The Hall–Kier alpha value is -2.61. The smallest absolute Gasteiger partial charge is 0.337 e. The molecule has 0 unspecified atom stereocenters. The van der Waals surface area contributed by atoms with E-state index in [1.807, 2.05) is 25.1 Å². The number of carboxylic acids is 1. The van der Waals surface area contributed by atoms with Crippen molar-refractivity contribution in [2.45, 2.75) is 58.4 Å². The first-order valence-corrected chi connectivity index (χ1v) is 11.9. The summed E-state index contributed by atoms with van der Waals surface area (Å²) in [4.78, 5) is 39.9. The minimum Gasteiger partial charge on any atom is -0.481 e. The maximum atomic E-state index is 12.9. The zero-order chi connectivity index (χ0) is 22.7. The van der Waals surface area contributed by atoms with Crippen LogP contribution >= 0.6 is 0 Å². The number of amides is 1. The van der Waals surface area contributed by atoms with Gasteiger partial charge in [-0.1, -0.05) is 31.4 Å². The predicted molar refractivity (Wildman–Crippen MR) is 123 cm³/mol. The number of carbonyl (C=O) groups excluding carboxylic acids is 1. The first kappa shape index (κ1) is 22.6. The van der Waals surface area contributed by atoms with E-state index in [0.717, 1.165) is 63.6 Å². The summed E-state index contributed by atoms with van der Waals surface area (Å²) in [6, 6.07) is 6.97. The number of benzene rings is 1. The van der Waals surface area contributed by atoms with Gasteiger partial charge in [-0.05, 0) is 63.7 Å². The van der Waals surface area contributed by atoms with E-state index in [9.17, 15) is 19.5 Å². The normalized spacial score (nSPS) is 19.8. The van der Waals surface area contributed by atoms with Crippen LogP contribution in [0.25, 0.3) is 11.0 Å². The highest BCUT2D eigenvalue weighted by atomic mass is 16.4. The number of rotatable bonds is 6. The number of imidazole rings is 1. The van der Waals surface area contributed by atoms with Crippen molar-refractivity contribution in [1.82, 2.24) is 19.4 Å². The van der Waals surface area contributed by atoms with Crippen LogP contribution in [0.1, 0.15) is 51.9 Å². The van der Waals surface area contributed by atoms with Gasteiger partial charge in [0.1, 0.15) is 0 Å². The fraction of sp³-hybridized carbons (Fsp3) is 0.625. The first-order valence-electron chi connectivity index (χ1n) is 11.9. The molecular weight excluding hydrogens is 408 g/mol. The molecule has 2 aliphatic rings. The molecule has 1 aliphatic carbocycles. The van der Waals surface area contributed by atoms with Crippen LogP contribution in [0.3, 0.4) is 0 Å². The lowest BCUT2D eigenvalue weighted by Gasteiger charge is -2.40. The van der Waals surface area contributed by atoms with Crippen molar-refractivity contribution in [2.24, 2.45) is 11.3 Å². The second-order valence-corrected chi connectivity index (χ2v) is 9.40. The van der Waals surface area contributed by atoms with Gasteiger partial charge in [0.15, 0.2) is 0 Å². The number of piperidine rings is 1. The number of nitrogens with zero attached hydrogens (tertiary/aromatic N) is 3. The molecule has 1 saturated carbocycles. The summed E-state index contributed by atoms with van der Waals surface area (Å²) < 4.78 is 2.84. The van der Waals surface area contributed by atoms with Crippen molar-refractivity contribution in [2.75, 3.05) is 26.2 Å². The van der Waals surface area contributed by atoms with Crippen molar-refractivity contribution in [3.63, 3.8) is 0 Å². The number of aliphatic carboxylic acids is 1. The summed E-state index contributed by atoms with van der Waals surface area (Å²) in [7, 11) is 0. The molecule has 8 nitrogen and oxygen atoms in total. The number of hydrogen-bond donors (Lipinski definition) is 2. The van der Waals surface area contributed by atoms with E-state index in [4.69, 9.17) is 0 Å². The lowest BCUT2D eigenvalue weighted by molar-refractivity contribution is -0.152. The number of aryl methyl sites for hydroxylation is 1. The summed E-state index contributed by atoms with van der Waals surface area (Å²) in [5.41, 5.74) is 0.484. The highest BCUT2D eigenvalue weighted by Gasteiger charge is 2.41. The molecule has 1 aromatic carbocycles. The van der Waals surface area contributed by atoms with Gasteiger partial charge in [0, 0.05) is 19.6 Å². The van der Waals surface area contributed by atoms with Crippen LogP contribution in [-0.4, -0.2) is 57.3 Å². The van der Waals surface area contributed by atoms with Gasteiger partial charge in [0.25, 0.3) is 0 Å². The Morgan fingerprint density at radius 3 is 2.38 bits per heavy atom. The van der Waals surface area contributed by atoms with Crippen LogP contribution in [0.2, 0.25) is 0 Å². The number of likely N-dealkylation sites (tertiary alicyclic amines) is 1. The highest BCUT2D eigenvalue weighted by molar-refractivity contribution is 5.89. The van der Waals surface area contributed by atoms with Crippen LogP contribution in [-0.2, 0) is 11.3 Å². The van der Waals surface area contributed by atoms with E-state index in [2.05, 4.69) is 10.2 Å². The van der Waals surface area contributed by atoms with Crippen LogP contribution in [0.4, 0.5) is 4.79 Å². The van der Waals surface area contributed by atoms with Gasteiger partial charge in [-0.3, -0.25) is 9.36 Å². The van der Waals surface area contributed by atoms with Gasteiger partial charge in [0.05, 0.1) is 16.4 Å². The zero-order valence-electron chi connectivity index (χ0n) is 18.9. The third kappa shape index (κ3) is 4.33. The van der Waals surface area contributed by atoms with Gasteiger partial charge in [-0.2, -0.15) is 0 Å². The number of carbonyl (C=O) groups is 2. The lowest BCUT2D eigenvalue weighted by atomic mass is 9.73. The van der Waals surface area contributed by atoms with Crippen molar-refractivity contribution in [3.05, 3.63) is 34.7 Å². The van der Waals surface area contributed by atoms with Crippen molar-refractivity contribution < 1.29 is 14.7 Å². The maximum absolute atomic E-state index is 12.9. The molecule has 4 rings (SSSR count). The molecule has 32 heavy (non-hydrogen) atoms. The average Bonchev–Trinajstić information content (AvgIpc) is 3.10. The number of carboxylic acid groups (broad SMARTS) is 1. The average molecular weight is 443 g/mol. The summed E-state index contributed by atoms with van der Waals surface area (Å²) in [5.74, 6) is -0.319. The number of hydrogen-bond acceptors (Lipinski definition) is 4. The van der Waals surface area contributed by atoms with Gasteiger partial charge in [-0.15, -0.1) is 0 Å². The minimum absolute atomic E-state index is 0.313. The van der Waals surface area contributed by atoms with E-state index in [1.54, 1.807) is 10.6 Å². The number of nitrogens with one attached hydrogen (secondary N) is 1. The number of aromatic nitrogens is 2. The largest absolute Gasteiger partial charge is 0.481 e. The summed E-state index contributed by atoms with van der Waals surface area (Å²) in [6.07, 6.45) is 6.53. The van der Waals surface area contributed by atoms with E-state index in [0.29, 0.717) is 31.1 Å². The molecule has 174 valence electrons.